The first-order valence-electron chi connectivity index (χ1n) is 7.23. The third kappa shape index (κ3) is 4.29. The highest BCUT2D eigenvalue weighted by atomic mass is 19.3. The fourth-order valence-electron chi connectivity index (χ4n) is 2.23. The Bertz CT molecular complexity index is 524. The molecular weight excluding hydrogens is 292 g/mol. The minimum atomic E-state index is -2.58. The molecule has 0 radical (unpaired) electrons. The van der Waals surface area contributed by atoms with Gasteiger partial charge in [0, 0.05) is 38.1 Å². The minimum Gasteiger partial charge on any atom is -0.444 e. The molecule has 0 atom stereocenters. The maximum atomic E-state index is 12.7. The van der Waals surface area contributed by atoms with Crippen LogP contribution < -0.4 is 4.90 Å². The Morgan fingerprint density at radius 1 is 1.27 bits per heavy atom. The summed E-state index contributed by atoms with van der Waals surface area (Å²) >= 11 is 0. The van der Waals surface area contributed by atoms with Crippen molar-refractivity contribution in [3.8, 4) is 0 Å². The largest absolute Gasteiger partial charge is 0.444 e. The number of piperazine rings is 1. The molecule has 0 N–H and O–H groups in total. The van der Waals surface area contributed by atoms with Crippen molar-refractivity contribution in [2.24, 2.45) is 0 Å². The lowest BCUT2D eigenvalue weighted by Crippen LogP contribution is -2.50. The van der Waals surface area contributed by atoms with Gasteiger partial charge in [0.05, 0.1) is 0 Å². The van der Waals surface area contributed by atoms with E-state index in [1.807, 2.05) is 25.7 Å². The van der Waals surface area contributed by atoms with Crippen LogP contribution in [-0.2, 0) is 4.74 Å². The van der Waals surface area contributed by atoms with E-state index in [4.69, 9.17) is 4.74 Å². The average molecular weight is 313 g/mol. The number of carbonyl (C=O) groups excluding carboxylic acids is 1. The molecule has 1 fully saturated rings. The fourth-order valence-corrected chi connectivity index (χ4v) is 2.23. The van der Waals surface area contributed by atoms with E-state index in [9.17, 15) is 13.6 Å². The molecule has 1 aromatic heterocycles. The number of hydrogen-bond acceptors (Lipinski definition) is 4. The Balaban J connectivity index is 1.95. The summed E-state index contributed by atoms with van der Waals surface area (Å²) in [4.78, 5) is 19.2. The van der Waals surface area contributed by atoms with Crippen molar-refractivity contribution in [2.45, 2.75) is 32.8 Å². The summed E-state index contributed by atoms with van der Waals surface area (Å²) in [6, 6.07) is 3.10. The molecule has 1 saturated heterocycles. The van der Waals surface area contributed by atoms with Crippen LogP contribution in [0.4, 0.5) is 19.3 Å². The number of amides is 1. The molecule has 5 nitrogen and oxygen atoms in total. The lowest BCUT2D eigenvalue weighted by atomic mass is 10.2. The Morgan fingerprint density at radius 2 is 1.91 bits per heavy atom. The first-order valence-corrected chi connectivity index (χ1v) is 7.23. The molecule has 0 aliphatic carbocycles. The quantitative estimate of drug-likeness (QED) is 0.842. The van der Waals surface area contributed by atoms with E-state index >= 15 is 0 Å². The summed E-state index contributed by atoms with van der Waals surface area (Å²) < 4.78 is 30.7. The zero-order valence-electron chi connectivity index (χ0n) is 13.1. The summed E-state index contributed by atoms with van der Waals surface area (Å²) in [5, 5.41) is 0. The van der Waals surface area contributed by atoms with Crippen molar-refractivity contribution in [3.05, 3.63) is 24.0 Å². The van der Waals surface area contributed by atoms with Crippen LogP contribution in [-0.4, -0.2) is 47.8 Å². The predicted octanol–water partition coefficient (Wildman–Crippen LogP) is 3.08. The maximum Gasteiger partial charge on any atom is 0.410 e. The maximum absolute atomic E-state index is 12.7. The number of alkyl halides is 2. The zero-order valence-corrected chi connectivity index (χ0v) is 13.1. The van der Waals surface area contributed by atoms with Crippen molar-refractivity contribution < 1.29 is 18.3 Å². The van der Waals surface area contributed by atoms with Gasteiger partial charge in [-0.2, -0.15) is 0 Å². The van der Waals surface area contributed by atoms with Crippen LogP contribution in [0.1, 0.15) is 32.9 Å². The first kappa shape index (κ1) is 16.5. The van der Waals surface area contributed by atoms with Crippen LogP contribution >= 0.6 is 0 Å². The van der Waals surface area contributed by atoms with E-state index in [1.54, 1.807) is 11.0 Å². The van der Waals surface area contributed by atoms with Crippen molar-refractivity contribution in [2.75, 3.05) is 31.1 Å². The highest BCUT2D eigenvalue weighted by Crippen LogP contribution is 2.23. The molecule has 1 amide bonds. The molecule has 122 valence electrons. The average Bonchev–Trinajstić information content (AvgIpc) is 2.46. The topological polar surface area (TPSA) is 45.7 Å². The predicted molar refractivity (Wildman–Crippen MR) is 79.2 cm³/mol. The first-order chi connectivity index (χ1) is 10.3. The van der Waals surface area contributed by atoms with Gasteiger partial charge in [-0.1, -0.05) is 0 Å². The number of anilines is 1. The van der Waals surface area contributed by atoms with Gasteiger partial charge >= 0.3 is 6.09 Å². The van der Waals surface area contributed by atoms with Crippen LogP contribution in [0, 0.1) is 0 Å². The number of hydrogen-bond donors (Lipinski definition) is 0. The molecule has 0 aromatic carbocycles. The van der Waals surface area contributed by atoms with E-state index in [-0.39, 0.29) is 11.8 Å². The molecule has 1 aliphatic rings. The third-order valence-corrected chi connectivity index (χ3v) is 3.28. The van der Waals surface area contributed by atoms with E-state index in [0.29, 0.717) is 31.9 Å². The molecule has 7 heteroatoms. The fraction of sp³-hybridized carbons (Fsp3) is 0.600. The summed E-state index contributed by atoms with van der Waals surface area (Å²) in [6.07, 6.45) is -1.53. The number of rotatable bonds is 2. The molecular formula is C15H21F2N3O2. The van der Waals surface area contributed by atoms with Crippen LogP contribution in [0.3, 0.4) is 0 Å². The van der Waals surface area contributed by atoms with E-state index in [2.05, 4.69) is 4.98 Å². The zero-order chi connectivity index (χ0) is 16.3. The standard InChI is InChI=1S/C15H21F2N3O2/c1-15(2,3)22-14(21)20-8-6-19(7-9-20)11-4-5-18-12(10-11)13(16)17/h4-5,10,13H,6-9H2,1-3H3. The molecule has 0 unspecified atom stereocenters. The van der Waals surface area contributed by atoms with Gasteiger partial charge < -0.3 is 14.5 Å². The second-order valence-electron chi connectivity index (χ2n) is 6.19. The monoisotopic (exact) mass is 313 g/mol. The SMILES string of the molecule is CC(C)(C)OC(=O)N1CCN(c2ccnc(C(F)F)c2)CC1. The highest BCUT2D eigenvalue weighted by molar-refractivity contribution is 5.68. The number of ether oxygens (including phenoxy) is 1. The van der Waals surface area contributed by atoms with Crippen molar-refractivity contribution in [1.29, 1.82) is 0 Å². The van der Waals surface area contributed by atoms with Gasteiger partial charge in [-0.25, -0.2) is 13.6 Å². The van der Waals surface area contributed by atoms with Gasteiger partial charge in [-0.15, -0.1) is 0 Å². The normalized spacial score (nSPS) is 16.1. The van der Waals surface area contributed by atoms with E-state index in [0.717, 1.165) is 0 Å². The number of halogens is 2. The number of pyridine rings is 1. The molecule has 1 aliphatic heterocycles. The Hall–Kier alpha value is -1.92. The molecule has 2 rings (SSSR count). The Kier molecular flexibility index (Phi) is 4.83. The molecule has 0 bridgehead atoms. The molecule has 1 aromatic rings. The number of carbonyl (C=O) groups is 1. The van der Waals surface area contributed by atoms with Gasteiger partial charge in [0.15, 0.2) is 0 Å². The summed E-state index contributed by atoms with van der Waals surface area (Å²) in [6.45, 7) is 7.62. The van der Waals surface area contributed by atoms with Gasteiger partial charge in [0.2, 0.25) is 0 Å². The molecule has 22 heavy (non-hydrogen) atoms. The second kappa shape index (κ2) is 6.46. The van der Waals surface area contributed by atoms with Crippen LogP contribution in [0.2, 0.25) is 0 Å². The van der Waals surface area contributed by atoms with Crippen LogP contribution in [0.25, 0.3) is 0 Å². The van der Waals surface area contributed by atoms with Crippen molar-refractivity contribution in [1.82, 2.24) is 9.88 Å². The number of aromatic nitrogens is 1. The van der Waals surface area contributed by atoms with Crippen molar-refractivity contribution >= 4 is 11.8 Å². The lowest BCUT2D eigenvalue weighted by molar-refractivity contribution is 0.0240. The Labute approximate surface area is 128 Å². The highest BCUT2D eigenvalue weighted by Gasteiger charge is 2.26. The van der Waals surface area contributed by atoms with Crippen LogP contribution in [0.5, 0.6) is 0 Å². The van der Waals surface area contributed by atoms with Gasteiger partial charge in [-0.3, -0.25) is 4.98 Å². The lowest BCUT2D eigenvalue weighted by Gasteiger charge is -2.36. The minimum absolute atomic E-state index is 0.230. The number of nitrogens with zero attached hydrogens (tertiary/aromatic N) is 3. The smallest absolute Gasteiger partial charge is 0.410 e. The van der Waals surface area contributed by atoms with Crippen LogP contribution in [0.15, 0.2) is 18.3 Å². The summed E-state index contributed by atoms with van der Waals surface area (Å²) in [5.41, 5.74) is -0.0490. The van der Waals surface area contributed by atoms with E-state index < -0.39 is 12.0 Å². The van der Waals surface area contributed by atoms with Gasteiger partial charge in [-0.05, 0) is 32.9 Å². The van der Waals surface area contributed by atoms with Gasteiger partial charge in [0.1, 0.15) is 11.3 Å². The summed E-state index contributed by atoms with van der Waals surface area (Å²) in [7, 11) is 0. The van der Waals surface area contributed by atoms with E-state index in [1.165, 1.54) is 12.3 Å². The molecule has 2 heterocycles. The molecule has 0 saturated carbocycles. The Morgan fingerprint density at radius 3 is 2.45 bits per heavy atom. The summed E-state index contributed by atoms with van der Waals surface area (Å²) in [5.74, 6) is 0. The van der Waals surface area contributed by atoms with Crippen molar-refractivity contribution in [3.63, 3.8) is 0 Å². The third-order valence-electron chi connectivity index (χ3n) is 3.28. The molecule has 0 spiro atoms. The second-order valence-corrected chi connectivity index (χ2v) is 6.19. The van der Waals surface area contributed by atoms with Gasteiger partial charge in [0.25, 0.3) is 6.43 Å².